The molecule has 8 heteroatoms. The second-order valence-electron chi connectivity index (χ2n) is 7.76. The third kappa shape index (κ3) is 4.98. The lowest BCUT2D eigenvalue weighted by molar-refractivity contribution is -0.125. The highest BCUT2D eigenvalue weighted by Gasteiger charge is 2.27. The molecule has 3 rings (SSSR count). The largest absolute Gasteiger partial charge is 0.356 e. The Kier molecular flexibility index (Phi) is 7.79. The predicted molar refractivity (Wildman–Crippen MR) is 120 cm³/mol. The summed E-state index contributed by atoms with van der Waals surface area (Å²) >= 11 is 0. The van der Waals surface area contributed by atoms with Gasteiger partial charge in [-0.2, -0.15) is 0 Å². The standard InChI is InChI=1S/C22H34N6O2/c1-4-26(5-2)14-8-13-24-21(29)17-10-15-27(16-11-17)20-22(30)28(6-3)19-18(25-20)9-7-12-23-19/h7,9,12,17H,4-6,8,10-11,13-16H2,1-3H3,(H,24,29). The fourth-order valence-electron chi connectivity index (χ4n) is 4.11. The number of nitrogens with one attached hydrogen (secondary N) is 1. The van der Waals surface area contributed by atoms with E-state index < -0.39 is 0 Å². The first-order chi connectivity index (χ1) is 14.6. The van der Waals surface area contributed by atoms with Crippen LogP contribution in [0.15, 0.2) is 23.1 Å². The van der Waals surface area contributed by atoms with Crippen molar-refractivity contribution in [1.82, 2.24) is 24.8 Å². The fraction of sp³-hybridized carbons (Fsp3) is 0.636. The lowest BCUT2D eigenvalue weighted by Gasteiger charge is -2.32. The Bertz CT molecular complexity index is 900. The number of rotatable bonds is 9. The molecule has 8 nitrogen and oxygen atoms in total. The van der Waals surface area contributed by atoms with Crippen molar-refractivity contribution in [3.8, 4) is 0 Å². The van der Waals surface area contributed by atoms with E-state index in [0.717, 1.165) is 51.0 Å². The maximum absolute atomic E-state index is 12.9. The molecule has 0 aliphatic carbocycles. The van der Waals surface area contributed by atoms with E-state index in [4.69, 9.17) is 0 Å². The number of pyridine rings is 1. The molecule has 0 aromatic carbocycles. The Morgan fingerprint density at radius 3 is 2.63 bits per heavy atom. The van der Waals surface area contributed by atoms with E-state index in [1.807, 2.05) is 24.0 Å². The highest BCUT2D eigenvalue weighted by molar-refractivity contribution is 5.79. The van der Waals surface area contributed by atoms with Crippen LogP contribution in [0, 0.1) is 5.92 Å². The number of anilines is 1. The molecule has 1 N–H and O–H groups in total. The average Bonchev–Trinajstić information content (AvgIpc) is 2.79. The Balaban J connectivity index is 1.57. The number of fused-ring (bicyclic) bond motifs is 1. The summed E-state index contributed by atoms with van der Waals surface area (Å²) in [6, 6.07) is 3.72. The number of aryl methyl sites for hydroxylation is 1. The van der Waals surface area contributed by atoms with Crippen molar-refractivity contribution in [1.29, 1.82) is 0 Å². The molecule has 0 saturated carbocycles. The summed E-state index contributed by atoms with van der Waals surface area (Å²) in [5, 5.41) is 3.09. The molecule has 1 saturated heterocycles. The number of amides is 1. The normalized spacial score (nSPS) is 15.1. The predicted octanol–water partition coefficient (Wildman–Crippen LogP) is 1.88. The van der Waals surface area contributed by atoms with Crippen LogP contribution in [0.2, 0.25) is 0 Å². The van der Waals surface area contributed by atoms with E-state index in [9.17, 15) is 9.59 Å². The van der Waals surface area contributed by atoms with Gasteiger partial charge in [0.15, 0.2) is 11.5 Å². The Morgan fingerprint density at radius 2 is 1.97 bits per heavy atom. The average molecular weight is 415 g/mol. The van der Waals surface area contributed by atoms with Gasteiger partial charge < -0.3 is 15.1 Å². The summed E-state index contributed by atoms with van der Waals surface area (Å²) in [5.74, 6) is 0.608. The van der Waals surface area contributed by atoms with E-state index in [1.165, 1.54) is 0 Å². The van der Waals surface area contributed by atoms with Crippen molar-refractivity contribution in [2.75, 3.05) is 44.2 Å². The number of carbonyl (C=O) groups excluding carboxylic acids is 1. The van der Waals surface area contributed by atoms with Crippen LogP contribution in [0.25, 0.3) is 11.2 Å². The van der Waals surface area contributed by atoms with Gasteiger partial charge in [0.05, 0.1) is 0 Å². The van der Waals surface area contributed by atoms with Gasteiger partial charge in [0.25, 0.3) is 5.56 Å². The first kappa shape index (κ1) is 22.2. The molecule has 0 radical (unpaired) electrons. The van der Waals surface area contributed by atoms with E-state index in [2.05, 4.69) is 34.0 Å². The molecule has 3 heterocycles. The van der Waals surface area contributed by atoms with Crippen molar-refractivity contribution >= 4 is 22.9 Å². The molecule has 0 bridgehead atoms. The molecule has 30 heavy (non-hydrogen) atoms. The van der Waals surface area contributed by atoms with Gasteiger partial charge in [0.2, 0.25) is 5.91 Å². The SMILES string of the molecule is CCN(CC)CCCNC(=O)C1CCN(c2nc3cccnc3n(CC)c2=O)CC1. The van der Waals surface area contributed by atoms with Crippen molar-refractivity contribution in [3.63, 3.8) is 0 Å². The maximum Gasteiger partial charge on any atom is 0.295 e. The molecule has 1 fully saturated rings. The molecule has 0 atom stereocenters. The summed E-state index contributed by atoms with van der Waals surface area (Å²) in [6.45, 7) is 11.9. The van der Waals surface area contributed by atoms with Crippen molar-refractivity contribution in [3.05, 3.63) is 28.7 Å². The van der Waals surface area contributed by atoms with Gasteiger partial charge >= 0.3 is 0 Å². The molecular weight excluding hydrogens is 380 g/mol. The van der Waals surface area contributed by atoms with E-state index in [1.54, 1.807) is 10.8 Å². The third-order valence-electron chi connectivity index (χ3n) is 6.01. The monoisotopic (exact) mass is 414 g/mol. The van der Waals surface area contributed by atoms with Crippen LogP contribution in [0.3, 0.4) is 0 Å². The fourth-order valence-corrected chi connectivity index (χ4v) is 4.11. The lowest BCUT2D eigenvalue weighted by atomic mass is 9.96. The summed E-state index contributed by atoms with van der Waals surface area (Å²) in [6.07, 6.45) is 4.12. The Morgan fingerprint density at radius 1 is 1.23 bits per heavy atom. The van der Waals surface area contributed by atoms with Gasteiger partial charge in [-0.15, -0.1) is 0 Å². The van der Waals surface area contributed by atoms with Gasteiger partial charge in [0, 0.05) is 38.3 Å². The van der Waals surface area contributed by atoms with E-state index in [0.29, 0.717) is 31.1 Å². The molecule has 2 aromatic rings. The molecule has 1 aliphatic rings. The van der Waals surface area contributed by atoms with Gasteiger partial charge in [-0.05, 0) is 58.0 Å². The first-order valence-electron chi connectivity index (χ1n) is 11.2. The minimum atomic E-state index is -0.108. The second-order valence-corrected chi connectivity index (χ2v) is 7.76. The smallest absolute Gasteiger partial charge is 0.295 e. The van der Waals surface area contributed by atoms with Gasteiger partial charge in [0.1, 0.15) is 5.52 Å². The maximum atomic E-state index is 12.9. The van der Waals surface area contributed by atoms with Crippen LogP contribution in [0.5, 0.6) is 0 Å². The van der Waals surface area contributed by atoms with Crippen LogP contribution < -0.4 is 15.8 Å². The zero-order chi connectivity index (χ0) is 21.5. The van der Waals surface area contributed by atoms with Crippen LogP contribution in [0.4, 0.5) is 5.82 Å². The molecule has 1 aliphatic heterocycles. The zero-order valence-electron chi connectivity index (χ0n) is 18.4. The lowest BCUT2D eigenvalue weighted by Crippen LogP contribution is -2.43. The Hall–Kier alpha value is -2.48. The van der Waals surface area contributed by atoms with Crippen molar-refractivity contribution < 1.29 is 4.79 Å². The number of nitrogens with zero attached hydrogens (tertiary/aromatic N) is 5. The molecule has 0 spiro atoms. The second kappa shape index (κ2) is 10.5. The number of piperidine rings is 1. The number of aromatic nitrogens is 3. The number of hydrogen-bond acceptors (Lipinski definition) is 6. The summed E-state index contributed by atoms with van der Waals surface area (Å²) in [7, 11) is 0. The third-order valence-corrected chi connectivity index (χ3v) is 6.01. The van der Waals surface area contributed by atoms with Gasteiger partial charge in [-0.25, -0.2) is 9.97 Å². The quantitative estimate of drug-likeness (QED) is 0.631. The van der Waals surface area contributed by atoms with Gasteiger partial charge in [-0.1, -0.05) is 13.8 Å². The van der Waals surface area contributed by atoms with Crippen LogP contribution >= 0.6 is 0 Å². The van der Waals surface area contributed by atoms with Crippen molar-refractivity contribution in [2.24, 2.45) is 5.92 Å². The highest BCUT2D eigenvalue weighted by Crippen LogP contribution is 2.21. The summed E-state index contributed by atoms with van der Waals surface area (Å²) in [4.78, 5) is 38.8. The minimum absolute atomic E-state index is 0.00484. The van der Waals surface area contributed by atoms with Crippen LogP contribution in [-0.2, 0) is 11.3 Å². The topological polar surface area (TPSA) is 83.4 Å². The van der Waals surface area contributed by atoms with Crippen LogP contribution in [-0.4, -0.2) is 64.6 Å². The van der Waals surface area contributed by atoms with Gasteiger partial charge in [-0.3, -0.25) is 14.2 Å². The zero-order valence-corrected chi connectivity index (χ0v) is 18.4. The number of hydrogen-bond donors (Lipinski definition) is 1. The first-order valence-corrected chi connectivity index (χ1v) is 11.2. The van der Waals surface area contributed by atoms with E-state index >= 15 is 0 Å². The van der Waals surface area contributed by atoms with Crippen molar-refractivity contribution in [2.45, 2.75) is 46.6 Å². The number of carbonyl (C=O) groups is 1. The Labute approximate surface area is 178 Å². The highest BCUT2D eigenvalue weighted by atomic mass is 16.2. The molecule has 2 aromatic heterocycles. The summed E-state index contributed by atoms with van der Waals surface area (Å²) < 4.78 is 1.67. The molecule has 1 amide bonds. The molecular formula is C22H34N6O2. The molecule has 0 unspecified atom stereocenters. The van der Waals surface area contributed by atoms with Crippen LogP contribution in [0.1, 0.15) is 40.0 Å². The van der Waals surface area contributed by atoms with E-state index in [-0.39, 0.29) is 17.4 Å². The molecule has 164 valence electrons. The minimum Gasteiger partial charge on any atom is -0.356 e. The summed E-state index contributed by atoms with van der Waals surface area (Å²) in [5.41, 5.74) is 1.23.